The van der Waals surface area contributed by atoms with Gasteiger partial charge in [-0.05, 0) is 13.0 Å². The highest BCUT2D eigenvalue weighted by Crippen LogP contribution is 2.36. The number of aromatic amines is 1. The number of hydrogen-bond acceptors (Lipinski definition) is 5. The van der Waals surface area contributed by atoms with Crippen molar-refractivity contribution in [1.82, 2.24) is 14.8 Å². The number of carbonyl (C=O) groups excluding carboxylic acids is 1. The van der Waals surface area contributed by atoms with E-state index >= 15 is 0 Å². The Morgan fingerprint density at radius 3 is 2.73 bits per heavy atom. The number of rotatable bonds is 3. The van der Waals surface area contributed by atoms with Crippen LogP contribution in [0.2, 0.25) is 0 Å². The first-order chi connectivity index (χ1) is 12.7. The summed E-state index contributed by atoms with van der Waals surface area (Å²) in [6, 6.07) is 13.1. The van der Waals surface area contributed by atoms with Crippen LogP contribution in [0.5, 0.6) is 0 Å². The molecule has 0 bridgehead atoms. The van der Waals surface area contributed by atoms with E-state index < -0.39 is 12.0 Å². The van der Waals surface area contributed by atoms with Gasteiger partial charge in [0.1, 0.15) is 6.04 Å². The number of pyridine rings is 1. The Hall–Kier alpha value is -3.48. The van der Waals surface area contributed by atoms with E-state index in [1.54, 1.807) is 4.68 Å². The predicted octanol–water partition coefficient (Wildman–Crippen LogP) is 2.22. The summed E-state index contributed by atoms with van der Waals surface area (Å²) < 4.78 is 6.74. The van der Waals surface area contributed by atoms with Crippen LogP contribution >= 0.6 is 0 Å². The van der Waals surface area contributed by atoms with Gasteiger partial charge in [-0.2, -0.15) is 4.98 Å². The lowest BCUT2D eigenvalue weighted by atomic mass is 9.97. The zero-order valence-electron chi connectivity index (χ0n) is 14.4. The summed E-state index contributed by atoms with van der Waals surface area (Å²) in [4.78, 5) is 20.1. The number of H-pyrrole nitrogens is 1. The fourth-order valence-corrected chi connectivity index (χ4v) is 3.12. The Morgan fingerprint density at radius 1 is 1.23 bits per heavy atom. The number of methoxy groups -OCH3 is 1. The Kier molecular flexibility index (Phi) is 3.96. The Bertz CT molecular complexity index is 980. The molecule has 0 aliphatic carbocycles. The molecule has 4 rings (SSSR count). The summed E-state index contributed by atoms with van der Waals surface area (Å²) in [7, 11) is 1.38. The Balaban J connectivity index is 1.88. The molecule has 0 spiro atoms. The van der Waals surface area contributed by atoms with Crippen molar-refractivity contribution in [3.8, 4) is 11.4 Å². The number of carbonyl (C=O) groups is 1. The van der Waals surface area contributed by atoms with Gasteiger partial charge in [0.05, 0.1) is 12.7 Å². The summed E-state index contributed by atoms with van der Waals surface area (Å²) in [6.45, 7) is 1.84. The van der Waals surface area contributed by atoms with Crippen LogP contribution < -0.4 is 10.3 Å². The van der Waals surface area contributed by atoms with Crippen LogP contribution in [0.4, 0.5) is 5.95 Å². The van der Waals surface area contributed by atoms with E-state index in [1.165, 1.54) is 7.11 Å². The van der Waals surface area contributed by atoms with Crippen molar-refractivity contribution >= 4 is 11.9 Å². The molecular weight excluding hydrogens is 330 g/mol. The standard InChI is InChI=1S/C19H17N5O2/c1-12-15(18(25)26-2)16(14-9-6-10-20-11-14)24-19(21-12)22-17(23-24)13-7-4-3-5-8-13/h3-11,16H,1-2H3,(H,21,22,23)/p+1. The van der Waals surface area contributed by atoms with Crippen LogP contribution in [0.3, 0.4) is 0 Å². The average Bonchev–Trinajstić information content (AvgIpc) is 3.11. The second-order valence-electron chi connectivity index (χ2n) is 5.96. The highest BCUT2D eigenvalue weighted by Gasteiger charge is 2.35. The van der Waals surface area contributed by atoms with E-state index in [-0.39, 0.29) is 0 Å². The van der Waals surface area contributed by atoms with Gasteiger partial charge in [-0.1, -0.05) is 30.3 Å². The molecule has 7 heteroatoms. The van der Waals surface area contributed by atoms with Crippen molar-refractivity contribution in [2.75, 3.05) is 12.4 Å². The number of anilines is 1. The summed E-state index contributed by atoms with van der Waals surface area (Å²) in [5.74, 6) is 0.783. The zero-order chi connectivity index (χ0) is 18.1. The molecule has 3 aromatic rings. The van der Waals surface area contributed by atoms with Crippen molar-refractivity contribution < 1.29 is 14.5 Å². The Labute approximate surface area is 150 Å². The van der Waals surface area contributed by atoms with E-state index in [4.69, 9.17) is 4.74 Å². The topological polar surface area (TPSA) is 83.2 Å². The van der Waals surface area contributed by atoms with Crippen molar-refractivity contribution in [2.24, 2.45) is 0 Å². The number of benzene rings is 1. The van der Waals surface area contributed by atoms with Crippen LogP contribution in [-0.2, 0) is 9.53 Å². The molecule has 0 saturated heterocycles. The molecule has 2 aromatic heterocycles. The number of nitrogens with one attached hydrogen (secondary N) is 2. The van der Waals surface area contributed by atoms with Crippen molar-refractivity contribution in [3.63, 3.8) is 0 Å². The van der Waals surface area contributed by atoms with Crippen LogP contribution in [-0.4, -0.2) is 27.8 Å². The molecule has 0 fully saturated rings. The van der Waals surface area contributed by atoms with Gasteiger partial charge in [0.2, 0.25) is 5.95 Å². The molecule has 1 aromatic carbocycles. The molecule has 1 atom stereocenters. The summed E-state index contributed by atoms with van der Waals surface area (Å²) >= 11 is 0. The minimum Gasteiger partial charge on any atom is -0.466 e. The molecule has 1 unspecified atom stereocenters. The van der Waals surface area contributed by atoms with Crippen LogP contribution in [0.15, 0.2) is 66.1 Å². The SMILES string of the molecule is COC(=O)C1=C(C)Nc2nc(-c3ccccc3)nn2C1c1ccc[nH+]c1. The smallest absolute Gasteiger partial charge is 0.338 e. The molecule has 1 aliphatic heterocycles. The third-order valence-corrected chi connectivity index (χ3v) is 4.34. The molecule has 3 heterocycles. The fourth-order valence-electron chi connectivity index (χ4n) is 3.12. The number of aromatic nitrogens is 4. The highest BCUT2D eigenvalue weighted by molar-refractivity contribution is 5.92. The van der Waals surface area contributed by atoms with E-state index in [1.807, 2.05) is 61.8 Å². The Morgan fingerprint density at radius 2 is 2.04 bits per heavy atom. The second-order valence-corrected chi connectivity index (χ2v) is 5.96. The fraction of sp³-hybridized carbons (Fsp3) is 0.158. The third kappa shape index (κ3) is 2.63. The van der Waals surface area contributed by atoms with Gasteiger partial charge < -0.3 is 10.1 Å². The predicted molar refractivity (Wildman–Crippen MR) is 94.9 cm³/mol. The molecule has 7 nitrogen and oxygen atoms in total. The van der Waals surface area contributed by atoms with E-state index in [0.717, 1.165) is 11.1 Å². The van der Waals surface area contributed by atoms with Gasteiger partial charge in [0, 0.05) is 22.9 Å². The first-order valence-electron chi connectivity index (χ1n) is 8.23. The van der Waals surface area contributed by atoms with Crippen LogP contribution in [0.25, 0.3) is 11.4 Å². The van der Waals surface area contributed by atoms with E-state index in [2.05, 4.69) is 20.4 Å². The van der Waals surface area contributed by atoms with Gasteiger partial charge in [0.25, 0.3) is 0 Å². The zero-order valence-corrected chi connectivity index (χ0v) is 14.4. The normalized spacial score (nSPS) is 16.0. The minimum absolute atomic E-state index is 0.397. The number of ether oxygens (including phenoxy) is 1. The van der Waals surface area contributed by atoms with Gasteiger partial charge in [-0.15, -0.1) is 5.10 Å². The third-order valence-electron chi connectivity index (χ3n) is 4.34. The lowest BCUT2D eigenvalue weighted by Crippen LogP contribution is -2.29. The van der Waals surface area contributed by atoms with Gasteiger partial charge in [0.15, 0.2) is 18.2 Å². The number of esters is 1. The van der Waals surface area contributed by atoms with Crippen LogP contribution in [0.1, 0.15) is 18.5 Å². The summed E-state index contributed by atoms with van der Waals surface area (Å²) in [6.07, 6.45) is 3.66. The largest absolute Gasteiger partial charge is 0.466 e. The van der Waals surface area contributed by atoms with Gasteiger partial charge >= 0.3 is 5.97 Å². The van der Waals surface area contributed by atoms with E-state index in [9.17, 15) is 4.79 Å². The van der Waals surface area contributed by atoms with Gasteiger partial charge in [-0.25, -0.2) is 14.5 Å². The first kappa shape index (κ1) is 16.0. The molecule has 1 aliphatic rings. The maximum atomic E-state index is 12.5. The number of fused-ring (bicyclic) bond motifs is 1. The van der Waals surface area contributed by atoms with Crippen molar-refractivity contribution in [3.05, 3.63) is 71.7 Å². The quantitative estimate of drug-likeness (QED) is 0.734. The molecule has 0 amide bonds. The molecule has 26 heavy (non-hydrogen) atoms. The molecule has 0 radical (unpaired) electrons. The molecule has 2 N–H and O–H groups in total. The van der Waals surface area contributed by atoms with E-state index in [0.29, 0.717) is 23.0 Å². The summed E-state index contributed by atoms with van der Waals surface area (Å²) in [5.41, 5.74) is 3.00. The maximum Gasteiger partial charge on any atom is 0.338 e. The van der Waals surface area contributed by atoms with Gasteiger partial charge in [-0.3, -0.25) is 0 Å². The molecule has 0 saturated carbocycles. The summed E-state index contributed by atoms with van der Waals surface area (Å²) in [5, 5.41) is 7.84. The number of hydrogen-bond donors (Lipinski definition) is 1. The van der Waals surface area contributed by atoms with Crippen molar-refractivity contribution in [1.29, 1.82) is 0 Å². The molecule has 130 valence electrons. The van der Waals surface area contributed by atoms with Crippen molar-refractivity contribution in [2.45, 2.75) is 13.0 Å². The first-order valence-corrected chi connectivity index (χ1v) is 8.23. The highest BCUT2D eigenvalue weighted by atomic mass is 16.5. The number of allylic oxidation sites excluding steroid dienone is 1. The average molecular weight is 348 g/mol. The lowest BCUT2D eigenvalue weighted by Gasteiger charge is -2.26. The number of nitrogens with zero attached hydrogens (tertiary/aromatic N) is 3. The maximum absolute atomic E-state index is 12.5. The molecular formula is C19H18N5O2+. The monoisotopic (exact) mass is 348 g/mol. The van der Waals surface area contributed by atoms with Crippen LogP contribution in [0, 0.1) is 0 Å². The lowest BCUT2D eigenvalue weighted by molar-refractivity contribution is -0.378. The second kappa shape index (κ2) is 6.44. The minimum atomic E-state index is -0.430.